The minimum absolute atomic E-state index is 0.355. The molecule has 1 unspecified atom stereocenters. The molecule has 5 nitrogen and oxygen atoms in total. The zero-order valence-corrected chi connectivity index (χ0v) is 10.7. The maximum absolute atomic E-state index is 10.8. The molecule has 100 valence electrons. The summed E-state index contributed by atoms with van der Waals surface area (Å²) < 4.78 is 10.5. The molecular formula is C13H19NO4. The summed E-state index contributed by atoms with van der Waals surface area (Å²) in [6.07, 6.45) is 0.417. The van der Waals surface area contributed by atoms with Crippen molar-refractivity contribution in [2.45, 2.75) is 19.1 Å². The lowest BCUT2D eigenvalue weighted by molar-refractivity contribution is -0.139. The van der Waals surface area contributed by atoms with E-state index in [4.69, 9.17) is 14.6 Å². The van der Waals surface area contributed by atoms with Crippen LogP contribution in [0.1, 0.15) is 12.0 Å². The Hall–Kier alpha value is -1.59. The summed E-state index contributed by atoms with van der Waals surface area (Å²) in [5, 5.41) is 11.6. The maximum atomic E-state index is 10.8. The smallest absolute Gasteiger partial charge is 0.320 e. The Balaban J connectivity index is 2.43. The first-order chi connectivity index (χ1) is 8.67. The van der Waals surface area contributed by atoms with Crippen LogP contribution in [0.25, 0.3) is 0 Å². The Morgan fingerprint density at radius 3 is 2.89 bits per heavy atom. The molecule has 1 rings (SSSR count). The van der Waals surface area contributed by atoms with E-state index in [1.807, 2.05) is 24.3 Å². The van der Waals surface area contributed by atoms with Crippen LogP contribution in [0, 0.1) is 0 Å². The predicted molar refractivity (Wildman–Crippen MR) is 67.8 cm³/mol. The number of carboxylic acid groups (broad SMARTS) is 1. The molecule has 0 spiro atoms. The van der Waals surface area contributed by atoms with Gasteiger partial charge in [0.25, 0.3) is 0 Å². The molecule has 2 N–H and O–H groups in total. The van der Waals surface area contributed by atoms with E-state index >= 15 is 0 Å². The summed E-state index contributed by atoms with van der Waals surface area (Å²) in [6.45, 7) is 0.889. The Bertz CT molecular complexity index is 381. The minimum atomic E-state index is -0.866. The standard InChI is InChI=1S/C13H19NO4/c1-14-12(13(15)16)6-7-18-11-5-3-4-10(8-11)9-17-2/h3-5,8,12,14H,6-7,9H2,1-2H3,(H,15,16). The van der Waals surface area contributed by atoms with Crippen molar-refractivity contribution in [2.75, 3.05) is 20.8 Å². The normalized spacial score (nSPS) is 12.1. The number of aliphatic carboxylic acids is 1. The van der Waals surface area contributed by atoms with Gasteiger partial charge in [-0.3, -0.25) is 4.79 Å². The summed E-state index contributed by atoms with van der Waals surface area (Å²) in [6, 6.07) is 6.99. The van der Waals surface area contributed by atoms with Crippen molar-refractivity contribution in [3.63, 3.8) is 0 Å². The highest BCUT2D eigenvalue weighted by Crippen LogP contribution is 2.14. The van der Waals surface area contributed by atoms with Gasteiger partial charge in [-0.25, -0.2) is 0 Å². The number of ether oxygens (including phenoxy) is 2. The molecule has 0 aliphatic heterocycles. The predicted octanol–water partition coefficient (Wildman–Crippen LogP) is 1.27. The third-order valence-electron chi connectivity index (χ3n) is 2.53. The van der Waals surface area contributed by atoms with Crippen molar-refractivity contribution in [1.82, 2.24) is 5.32 Å². The number of likely N-dealkylation sites (N-methyl/N-ethyl adjacent to an activating group) is 1. The van der Waals surface area contributed by atoms with Gasteiger partial charge in [-0.15, -0.1) is 0 Å². The molecule has 1 aromatic carbocycles. The van der Waals surface area contributed by atoms with Gasteiger partial charge in [-0.2, -0.15) is 0 Å². The number of methoxy groups -OCH3 is 1. The van der Waals surface area contributed by atoms with Gasteiger partial charge >= 0.3 is 5.97 Å². The summed E-state index contributed by atoms with van der Waals surface area (Å²) in [4.78, 5) is 10.8. The second-order valence-electron chi connectivity index (χ2n) is 3.90. The second-order valence-corrected chi connectivity index (χ2v) is 3.90. The van der Waals surface area contributed by atoms with E-state index in [-0.39, 0.29) is 0 Å². The molecule has 0 saturated heterocycles. The zero-order valence-electron chi connectivity index (χ0n) is 10.7. The molecule has 0 amide bonds. The van der Waals surface area contributed by atoms with Crippen LogP contribution >= 0.6 is 0 Å². The van der Waals surface area contributed by atoms with E-state index in [0.29, 0.717) is 19.6 Å². The van der Waals surface area contributed by atoms with Crippen molar-refractivity contribution in [3.05, 3.63) is 29.8 Å². The minimum Gasteiger partial charge on any atom is -0.494 e. The third-order valence-corrected chi connectivity index (χ3v) is 2.53. The number of nitrogens with one attached hydrogen (secondary N) is 1. The summed E-state index contributed by atoms with van der Waals surface area (Å²) in [5.41, 5.74) is 1.03. The van der Waals surface area contributed by atoms with Gasteiger partial charge < -0.3 is 19.9 Å². The van der Waals surface area contributed by atoms with Gasteiger partial charge in [0, 0.05) is 13.5 Å². The van der Waals surface area contributed by atoms with E-state index in [0.717, 1.165) is 11.3 Å². The molecule has 1 atom stereocenters. The van der Waals surface area contributed by atoms with Crippen LogP contribution in [0.2, 0.25) is 0 Å². The SMILES string of the molecule is CNC(CCOc1cccc(COC)c1)C(=O)O. The molecule has 0 radical (unpaired) electrons. The number of benzene rings is 1. The number of carboxylic acids is 1. The third kappa shape index (κ3) is 4.73. The van der Waals surface area contributed by atoms with Gasteiger partial charge in [0.1, 0.15) is 11.8 Å². The molecule has 0 aliphatic carbocycles. The highest BCUT2D eigenvalue weighted by atomic mass is 16.5. The molecule has 18 heavy (non-hydrogen) atoms. The van der Waals surface area contributed by atoms with Crippen LogP contribution < -0.4 is 10.1 Å². The molecule has 1 aromatic rings. The van der Waals surface area contributed by atoms with Crippen molar-refractivity contribution in [2.24, 2.45) is 0 Å². The Morgan fingerprint density at radius 2 is 2.28 bits per heavy atom. The fraction of sp³-hybridized carbons (Fsp3) is 0.462. The Kier molecular flexibility index (Phi) is 6.18. The quantitative estimate of drug-likeness (QED) is 0.730. The fourth-order valence-electron chi connectivity index (χ4n) is 1.58. The lowest BCUT2D eigenvalue weighted by Crippen LogP contribution is -2.35. The van der Waals surface area contributed by atoms with Crippen LogP contribution in [0.4, 0.5) is 0 Å². The van der Waals surface area contributed by atoms with Crippen molar-refractivity contribution < 1.29 is 19.4 Å². The zero-order chi connectivity index (χ0) is 13.4. The van der Waals surface area contributed by atoms with Crippen molar-refractivity contribution in [3.8, 4) is 5.75 Å². The first-order valence-electron chi connectivity index (χ1n) is 5.78. The van der Waals surface area contributed by atoms with Gasteiger partial charge in [-0.05, 0) is 24.7 Å². The highest BCUT2D eigenvalue weighted by molar-refractivity contribution is 5.73. The summed E-state index contributed by atoms with van der Waals surface area (Å²) >= 11 is 0. The number of rotatable bonds is 8. The topological polar surface area (TPSA) is 67.8 Å². The van der Waals surface area contributed by atoms with Crippen LogP contribution in [-0.2, 0) is 16.1 Å². The first kappa shape index (κ1) is 14.5. The van der Waals surface area contributed by atoms with Crippen LogP contribution in [0.5, 0.6) is 5.75 Å². The molecule has 0 fully saturated rings. The molecule has 5 heteroatoms. The van der Waals surface area contributed by atoms with Crippen LogP contribution in [0.15, 0.2) is 24.3 Å². The lowest BCUT2D eigenvalue weighted by Gasteiger charge is -2.12. The largest absolute Gasteiger partial charge is 0.494 e. The van der Waals surface area contributed by atoms with Gasteiger partial charge in [0.15, 0.2) is 0 Å². The van der Waals surface area contributed by atoms with Crippen LogP contribution in [0.3, 0.4) is 0 Å². The van der Waals surface area contributed by atoms with E-state index < -0.39 is 12.0 Å². The maximum Gasteiger partial charge on any atom is 0.320 e. The van der Waals surface area contributed by atoms with E-state index in [1.54, 1.807) is 14.2 Å². The first-order valence-corrected chi connectivity index (χ1v) is 5.78. The average molecular weight is 253 g/mol. The van der Waals surface area contributed by atoms with Crippen molar-refractivity contribution in [1.29, 1.82) is 0 Å². The van der Waals surface area contributed by atoms with E-state index in [1.165, 1.54) is 0 Å². The molecule has 0 heterocycles. The molecular weight excluding hydrogens is 234 g/mol. The molecule has 0 bridgehead atoms. The van der Waals surface area contributed by atoms with Crippen molar-refractivity contribution >= 4 is 5.97 Å². The monoisotopic (exact) mass is 253 g/mol. The van der Waals surface area contributed by atoms with Crippen LogP contribution in [-0.4, -0.2) is 37.9 Å². The second kappa shape index (κ2) is 7.68. The summed E-state index contributed by atoms with van der Waals surface area (Å²) in [7, 11) is 3.26. The average Bonchev–Trinajstić information content (AvgIpc) is 2.35. The van der Waals surface area contributed by atoms with E-state index in [2.05, 4.69) is 5.32 Å². The fourth-order valence-corrected chi connectivity index (χ4v) is 1.58. The summed E-state index contributed by atoms with van der Waals surface area (Å²) in [5.74, 6) is -0.140. The molecule has 0 aliphatic rings. The van der Waals surface area contributed by atoms with Gasteiger partial charge in [0.05, 0.1) is 13.2 Å². The number of carbonyl (C=O) groups is 1. The molecule has 0 saturated carbocycles. The van der Waals surface area contributed by atoms with Gasteiger partial charge in [0.2, 0.25) is 0 Å². The highest BCUT2D eigenvalue weighted by Gasteiger charge is 2.14. The Morgan fingerprint density at radius 1 is 1.50 bits per heavy atom. The molecule has 0 aromatic heterocycles. The number of hydrogen-bond acceptors (Lipinski definition) is 4. The lowest BCUT2D eigenvalue weighted by atomic mass is 10.2. The Labute approximate surface area is 107 Å². The van der Waals surface area contributed by atoms with Gasteiger partial charge in [-0.1, -0.05) is 12.1 Å². The van der Waals surface area contributed by atoms with E-state index in [9.17, 15) is 4.79 Å². The number of hydrogen-bond donors (Lipinski definition) is 2.